The highest BCUT2D eigenvalue weighted by Crippen LogP contribution is 2.29. The zero-order valence-electron chi connectivity index (χ0n) is 14.3. The van der Waals surface area contributed by atoms with Crippen molar-refractivity contribution >= 4 is 11.9 Å². The van der Waals surface area contributed by atoms with Crippen LogP contribution in [0.2, 0.25) is 0 Å². The predicted molar refractivity (Wildman–Crippen MR) is 87.9 cm³/mol. The van der Waals surface area contributed by atoms with Crippen molar-refractivity contribution in [3.8, 4) is 11.3 Å². The fourth-order valence-electron chi connectivity index (χ4n) is 3.03. The highest BCUT2D eigenvalue weighted by atomic mass is 16.5. The minimum Gasteiger partial charge on any atom is -0.465 e. The first-order valence-corrected chi connectivity index (χ1v) is 7.94. The topological polar surface area (TPSA) is 115 Å². The van der Waals surface area contributed by atoms with Crippen LogP contribution < -0.4 is 11.0 Å². The molecular formula is C16H20N4O5. The molecular weight excluding hydrogens is 328 g/mol. The normalized spacial score (nSPS) is 19.6. The highest BCUT2D eigenvalue weighted by molar-refractivity contribution is 5.96. The van der Waals surface area contributed by atoms with Crippen LogP contribution in [0.15, 0.2) is 17.2 Å². The second-order valence-electron chi connectivity index (χ2n) is 6.66. The average molecular weight is 348 g/mol. The zero-order chi connectivity index (χ0) is 18.2. The molecule has 0 spiro atoms. The molecule has 3 aliphatic heterocycles. The summed E-state index contributed by atoms with van der Waals surface area (Å²) in [5, 5.41) is 6.13. The Kier molecular flexibility index (Phi) is 4.34. The van der Waals surface area contributed by atoms with E-state index in [4.69, 9.17) is 9.47 Å². The van der Waals surface area contributed by atoms with Crippen LogP contribution in [0, 0.1) is 5.92 Å². The maximum Gasteiger partial charge on any atom is 0.341 e. The molecule has 3 heterocycles. The summed E-state index contributed by atoms with van der Waals surface area (Å²) in [5.74, 6) is -1.07. The lowest BCUT2D eigenvalue weighted by Gasteiger charge is -2.34. The van der Waals surface area contributed by atoms with E-state index in [-0.39, 0.29) is 34.2 Å². The fourth-order valence-corrected chi connectivity index (χ4v) is 3.03. The van der Waals surface area contributed by atoms with Gasteiger partial charge < -0.3 is 9.47 Å². The summed E-state index contributed by atoms with van der Waals surface area (Å²) in [6.07, 6.45) is 4.01. The highest BCUT2D eigenvalue weighted by Gasteiger charge is 2.33. The third kappa shape index (κ3) is 3.41. The molecule has 9 heteroatoms. The molecule has 0 bridgehead atoms. The van der Waals surface area contributed by atoms with E-state index in [2.05, 4.69) is 15.6 Å². The summed E-state index contributed by atoms with van der Waals surface area (Å²) in [6.45, 7) is 4.39. The van der Waals surface area contributed by atoms with Crippen molar-refractivity contribution in [1.29, 1.82) is 0 Å². The van der Waals surface area contributed by atoms with E-state index in [9.17, 15) is 14.4 Å². The van der Waals surface area contributed by atoms with Crippen molar-refractivity contribution in [2.75, 3.05) is 19.1 Å². The molecule has 1 atom stereocenters. The first-order chi connectivity index (χ1) is 11.8. The third-order valence-electron chi connectivity index (χ3n) is 4.27. The lowest BCUT2D eigenvalue weighted by molar-refractivity contribution is -0.131. The van der Waals surface area contributed by atoms with Crippen LogP contribution >= 0.6 is 0 Å². The zero-order valence-corrected chi connectivity index (χ0v) is 14.3. The van der Waals surface area contributed by atoms with Gasteiger partial charge in [-0.1, -0.05) is 0 Å². The number of nitrogens with one attached hydrogen (secondary N) is 2. The number of aromatic amines is 1. The SMILES string of the molecule is COC(=O)c1cn(NC(=O)C2CCOC(C)(C)C2)cc2c(=O)[nH]nc1-2. The summed E-state index contributed by atoms with van der Waals surface area (Å²) < 4.78 is 11.6. The predicted octanol–water partition coefficient (Wildman–Crippen LogP) is 0.738. The van der Waals surface area contributed by atoms with E-state index < -0.39 is 11.5 Å². The largest absolute Gasteiger partial charge is 0.465 e. The number of ether oxygens (including phenoxy) is 2. The molecule has 0 aromatic carbocycles. The van der Waals surface area contributed by atoms with Crippen LogP contribution in [-0.2, 0) is 14.3 Å². The molecule has 0 aromatic rings. The van der Waals surface area contributed by atoms with Gasteiger partial charge in [0, 0.05) is 24.9 Å². The van der Waals surface area contributed by atoms with E-state index in [1.807, 2.05) is 13.8 Å². The third-order valence-corrected chi connectivity index (χ3v) is 4.27. The summed E-state index contributed by atoms with van der Waals surface area (Å²) in [5.41, 5.74) is 2.38. The standard InChI is InChI=1S/C16H20N4O5/c1-16(2)6-9(4-5-25-16)13(21)19-20-7-10-12(17-18-14(10)22)11(8-20)15(23)24-3/h7-9H,4-6H2,1-3H3,(H,18,22)(H,19,21). The lowest BCUT2D eigenvalue weighted by atomic mass is 9.88. The molecule has 1 saturated heterocycles. The molecule has 2 N–H and O–H groups in total. The van der Waals surface area contributed by atoms with Gasteiger partial charge in [0.15, 0.2) is 0 Å². The Balaban J connectivity index is 1.89. The minimum atomic E-state index is -0.646. The number of carbonyl (C=O) groups is 2. The number of nitrogens with zero attached hydrogens (tertiary/aromatic N) is 2. The molecule has 1 fully saturated rings. The molecule has 9 nitrogen and oxygen atoms in total. The van der Waals surface area contributed by atoms with Gasteiger partial charge in [-0.25, -0.2) is 9.89 Å². The Bertz CT molecular complexity index is 837. The monoisotopic (exact) mass is 348 g/mol. The first kappa shape index (κ1) is 17.2. The van der Waals surface area contributed by atoms with E-state index in [0.29, 0.717) is 19.4 Å². The fraction of sp³-hybridized carbons (Fsp3) is 0.500. The minimum absolute atomic E-state index is 0.0888. The molecule has 3 rings (SSSR count). The molecule has 1 amide bonds. The van der Waals surface area contributed by atoms with Crippen LogP contribution in [-0.4, -0.2) is 46.1 Å². The number of amides is 1. The number of esters is 1. The van der Waals surface area contributed by atoms with Gasteiger partial charge in [0.25, 0.3) is 5.56 Å². The number of hydrogen-bond acceptors (Lipinski definition) is 6. The number of carbonyl (C=O) groups excluding carboxylic acids is 2. The molecule has 3 aliphatic rings. The Morgan fingerprint density at radius 1 is 1.44 bits per heavy atom. The van der Waals surface area contributed by atoms with Crippen LogP contribution in [0.25, 0.3) is 11.3 Å². The number of methoxy groups -OCH3 is 1. The van der Waals surface area contributed by atoms with Crippen molar-refractivity contribution in [2.24, 2.45) is 5.92 Å². The summed E-state index contributed by atoms with van der Waals surface area (Å²) in [7, 11) is 1.24. The molecule has 25 heavy (non-hydrogen) atoms. The van der Waals surface area contributed by atoms with Gasteiger partial charge in [-0.15, -0.1) is 0 Å². The van der Waals surface area contributed by atoms with E-state index >= 15 is 0 Å². The Hall–Kier alpha value is -2.68. The maximum atomic E-state index is 12.6. The number of pyridine rings is 1. The van der Waals surface area contributed by atoms with Crippen LogP contribution in [0.3, 0.4) is 0 Å². The summed E-state index contributed by atoms with van der Waals surface area (Å²) in [4.78, 5) is 36.4. The van der Waals surface area contributed by atoms with E-state index in [0.717, 1.165) is 0 Å². The van der Waals surface area contributed by atoms with Crippen molar-refractivity contribution in [2.45, 2.75) is 32.3 Å². The number of hydrogen-bond donors (Lipinski definition) is 2. The Morgan fingerprint density at radius 2 is 2.20 bits per heavy atom. The molecule has 0 radical (unpaired) electrons. The molecule has 0 aromatic heterocycles. The smallest absolute Gasteiger partial charge is 0.341 e. The summed E-state index contributed by atoms with van der Waals surface area (Å²) in [6, 6.07) is 0. The number of H-pyrrole nitrogens is 1. The maximum absolute atomic E-state index is 12.6. The van der Waals surface area contributed by atoms with Gasteiger partial charge in [-0.2, -0.15) is 5.10 Å². The van der Waals surface area contributed by atoms with Gasteiger partial charge in [-0.05, 0) is 26.7 Å². The summed E-state index contributed by atoms with van der Waals surface area (Å²) >= 11 is 0. The molecule has 0 aliphatic carbocycles. The van der Waals surface area contributed by atoms with Crippen LogP contribution in [0.4, 0.5) is 0 Å². The molecule has 0 saturated carbocycles. The van der Waals surface area contributed by atoms with Crippen molar-refractivity contribution in [3.05, 3.63) is 28.3 Å². The van der Waals surface area contributed by atoms with Crippen molar-refractivity contribution in [1.82, 2.24) is 14.9 Å². The van der Waals surface area contributed by atoms with Gasteiger partial charge in [0.2, 0.25) is 5.91 Å². The van der Waals surface area contributed by atoms with Crippen molar-refractivity contribution in [3.63, 3.8) is 0 Å². The van der Waals surface area contributed by atoms with E-state index in [1.165, 1.54) is 24.2 Å². The Labute approximate surface area is 143 Å². The quantitative estimate of drug-likeness (QED) is 0.791. The molecule has 134 valence electrons. The van der Waals surface area contributed by atoms with Gasteiger partial charge >= 0.3 is 5.97 Å². The number of rotatable bonds is 3. The van der Waals surface area contributed by atoms with Gasteiger partial charge in [0.05, 0.1) is 18.3 Å². The average Bonchev–Trinajstić information content (AvgIpc) is 2.94. The Morgan fingerprint density at radius 3 is 2.88 bits per heavy atom. The van der Waals surface area contributed by atoms with Gasteiger partial charge in [-0.3, -0.25) is 19.7 Å². The van der Waals surface area contributed by atoms with E-state index in [1.54, 1.807) is 0 Å². The first-order valence-electron chi connectivity index (χ1n) is 7.94. The van der Waals surface area contributed by atoms with Gasteiger partial charge in [0.1, 0.15) is 11.3 Å². The number of fused-ring (bicyclic) bond motifs is 1. The van der Waals surface area contributed by atoms with Crippen LogP contribution in [0.1, 0.15) is 37.0 Å². The second-order valence-corrected chi connectivity index (χ2v) is 6.66. The van der Waals surface area contributed by atoms with Crippen LogP contribution in [0.5, 0.6) is 0 Å². The van der Waals surface area contributed by atoms with Crippen molar-refractivity contribution < 1.29 is 19.1 Å². The molecule has 1 unspecified atom stereocenters. The number of aromatic nitrogens is 3. The second kappa shape index (κ2) is 6.32. The lowest BCUT2D eigenvalue weighted by Crippen LogP contribution is -2.40.